The molecule has 100 valence electrons. The second-order valence-corrected chi connectivity index (χ2v) is 6.36. The summed E-state index contributed by atoms with van der Waals surface area (Å²) in [6, 6.07) is 8.31. The molecule has 1 aliphatic heterocycles. The van der Waals surface area contributed by atoms with Crippen molar-refractivity contribution in [2.75, 3.05) is 19.6 Å². The number of thiazole rings is 1. The minimum Gasteiger partial charge on any atom is -0.299 e. The Labute approximate surface area is 117 Å². The van der Waals surface area contributed by atoms with Crippen LogP contribution in [0.5, 0.6) is 0 Å². The summed E-state index contributed by atoms with van der Waals surface area (Å²) in [5.41, 5.74) is 1.10. The van der Waals surface area contributed by atoms with Gasteiger partial charge < -0.3 is 0 Å². The van der Waals surface area contributed by atoms with Gasteiger partial charge in [0.05, 0.1) is 21.8 Å². The quantitative estimate of drug-likeness (QED) is 0.862. The topological polar surface area (TPSA) is 33.2 Å². The maximum Gasteiger partial charge on any atom is 0.143 e. The molecule has 2 aromatic rings. The zero-order chi connectivity index (χ0) is 13.2. The third-order valence-electron chi connectivity index (χ3n) is 3.61. The molecule has 0 N–H and O–H groups in total. The van der Waals surface area contributed by atoms with Gasteiger partial charge in [-0.05, 0) is 38.4 Å². The van der Waals surface area contributed by atoms with Gasteiger partial charge >= 0.3 is 0 Å². The molecular weight excluding hydrogens is 256 g/mol. The fraction of sp³-hybridized carbons (Fsp3) is 0.467. The van der Waals surface area contributed by atoms with Crippen LogP contribution in [0.15, 0.2) is 24.3 Å². The smallest absolute Gasteiger partial charge is 0.143 e. The summed E-state index contributed by atoms with van der Waals surface area (Å²) in [6.45, 7) is 4.27. The first kappa shape index (κ1) is 12.8. The van der Waals surface area contributed by atoms with E-state index < -0.39 is 0 Å². The molecule has 0 amide bonds. The lowest BCUT2D eigenvalue weighted by atomic mass is 9.98. The van der Waals surface area contributed by atoms with Crippen LogP contribution in [0.3, 0.4) is 0 Å². The molecule has 1 aromatic heterocycles. The van der Waals surface area contributed by atoms with Crippen LogP contribution >= 0.6 is 11.3 Å². The lowest BCUT2D eigenvalue weighted by molar-refractivity contribution is -0.118. The Morgan fingerprint density at radius 2 is 2.32 bits per heavy atom. The number of aromatic nitrogens is 1. The largest absolute Gasteiger partial charge is 0.299 e. The highest BCUT2D eigenvalue weighted by Crippen LogP contribution is 2.32. The number of hydrogen-bond donors (Lipinski definition) is 0. The van der Waals surface area contributed by atoms with Gasteiger partial charge in [0.1, 0.15) is 5.78 Å². The molecule has 2 heterocycles. The van der Waals surface area contributed by atoms with Crippen molar-refractivity contribution in [1.29, 1.82) is 0 Å². The summed E-state index contributed by atoms with van der Waals surface area (Å²) < 4.78 is 1.26. The second-order valence-electron chi connectivity index (χ2n) is 5.30. The molecule has 1 saturated heterocycles. The maximum atomic E-state index is 11.2. The van der Waals surface area contributed by atoms with Crippen LogP contribution in [0, 0.1) is 0 Å². The Bertz CT molecular complexity index is 560. The van der Waals surface area contributed by atoms with E-state index in [0.29, 0.717) is 12.5 Å². The van der Waals surface area contributed by atoms with E-state index in [9.17, 15) is 4.79 Å². The van der Waals surface area contributed by atoms with Gasteiger partial charge in [-0.1, -0.05) is 12.1 Å². The molecule has 0 radical (unpaired) electrons. The van der Waals surface area contributed by atoms with Crippen LogP contribution in [-0.4, -0.2) is 35.3 Å². The maximum absolute atomic E-state index is 11.2. The third-order valence-corrected chi connectivity index (χ3v) is 4.81. The summed E-state index contributed by atoms with van der Waals surface area (Å²) in [5.74, 6) is 0.746. The SMILES string of the molecule is CC(=O)CN1CCCC(c2nc3ccccc3s2)C1. The highest BCUT2D eigenvalue weighted by molar-refractivity contribution is 7.18. The first-order chi connectivity index (χ1) is 9.22. The minimum absolute atomic E-state index is 0.255. The van der Waals surface area contributed by atoms with Gasteiger partial charge in [0, 0.05) is 12.5 Å². The van der Waals surface area contributed by atoms with E-state index in [1.54, 1.807) is 18.3 Å². The lowest BCUT2D eigenvalue weighted by Crippen LogP contribution is -2.37. The van der Waals surface area contributed by atoms with Crippen molar-refractivity contribution in [2.24, 2.45) is 0 Å². The normalized spacial score (nSPS) is 20.8. The fourth-order valence-corrected chi connectivity index (χ4v) is 3.87. The van der Waals surface area contributed by atoms with E-state index in [1.807, 2.05) is 6.07 Å². The Morgan fingerprint density at radius 3 is 3.11 bits per heavy atom. The van der Waals surface area contributed by atoms with E-state index in [2.05, 4.69) is 23.1 Å². The summed E-state index contributed by atoms with van der Waals surface area (Å²) >= 11 is 1.80. The number of nitrogens with zero attached hydrogens (tertiary/aromatic N) is 2. The molecule has 1 aliphatic rings. The van der Waals surface area contributed by atoms with E-state index >= 15 is 0 Å². The zero-order valence-corrected chi connectivity index (χ0v) is 11.9. The van der Waals surface area contributed by atoms with Crippen LogP contribution < -0.4 is 0 Å². The average Bonchev–Trinajstić information content (AvgIpc) is 2.82. The Balaban J connectivity index is 1.79. The second kappa shape index (κ2) is 5.39. The fourth-order valence-electron chi connectivity index (χ4n) is 2.78. The van der Waals surface area contributed by atoms with Crippen molar-refractivity contribution in [3.8, 4) is 0 Å². The third kappa shape index (κ3) is 2.85. The van der Waals surface area contributed by atoms with Crippen molar-refractivity contribution >= 4 is 27.3 Å². The number of benzene rings is 1. The van der Waals surface area contributed by atoms with Crippen molar-refractivity contribution < 1.29 is 4.79 Å². The van der Waals surface area contributed by atoms with Crippen LogP contribution in [0.25, 0.3) is 10.2 Å². The van der Waals surface area contributed by atoms with E-state index in [1.165, 1.54) is 16.1 Å². The number of hydrogen-bond acceptors (Lipinski definition) is 4. The van der Waals surface area contributed by atoms with Gasteiger partial charge in [-0.2, -0.15) is 0 Å². The lowest BCUT2D eigenvalue weighted by Gasteiger charge is -2.30. The number of likely N-dealkylation sites (tertiary alicyclic amines) is 1. The number of carbonyl (C=O) groups excluding carboxylic acids is 1. The van der Waals surface area contributed by atoms with E-state index in [0.717, 1.165) is 25.0 Å². The molecular formula is C15H18N2OS. The molecule has 0 saturated carbocycles. The van der Waals surface area contributed by atoms with E-state index in [4.69, 9.17) is 4.98 Å². The molecule has 3 rings (SSSR count). The molecule has 1 fully saturated rings. The van der Waals surface area contributed by atoms with Crippen LogP contribution in [-0.2, 0) is 4.79 Å². The van der Waals surface area contributed by atoms with Gasteiger partial charge in [0.2, 0.25) is 0 Å². The molecule has 1 atom stereocenters. The number of carbonyl (C=O) groups is 1. The minimum atomic E-state index is 0.255. The van der Waals surface area contributed by atoms with Crippen LogP contribution in [0.2, 0.25) is 0 Å². The summed E-state index contributed by atoms with van der Waals surface area (Å²) in [4.78, 5) is 18.3. The Hall–Kier alpha value is -1.26. The average molecular weight is 274 g/mol. The molecule has 1 unspecified atom stereocenters. The van der Waals surface area contributed by atoms with Gasteiger partial charge in [0.25, 0.3) is 0 Å². The van der Waals surface area contributed by atoms with Crippen molar-refractivity contribution in [3.63, 3.8) is 0 Å². The number of fused-ring (bicyclic) bond motifs is 1. The molecule has 4 heteroatoms. The van der Waals surface area contributed by atoms with Crippen molar-refractivity contribution in [2.45, 2.75) is 25.7 Å². The molecule has 0 bridgehead atoms. The molecule has 3 nitrogen and oxygen atoms in total. The molecule has 0 spiro atoms. The highest BCUT2D eigenvalue weighted by atomic mass is 32.1. The van der Waals surface area contributed by atoms with E-state index in [-0.39, 0.29) is 5.78 Å². The predicted molar refractivity (Wildman–Crippen MR) is 78.7 cm³/mol. The van der Waals surface area contributed by atoms with Gasteiger partial charge in [-0.25, -0.2) is 4.98 Å². The first-order valence-electron chi connectivity index (χ1n) is 6.79. The van der Waals surface area contributed by atoms with Crippen LogP contribution in [0.1, 0.15) is 30.7 Å². The molecule has 0 aliphatic carbocycles. The summed E-state index contributed by atoms with van der Waals surface area (Å²) in [5, 5.41) is 1.23. The molecule has 1 aromatic carbocycles. The summed E-state index contributed by atoms with van der Waals surface area (Å²) in [7, 11) is 0. The number of piperidine rings is 1. The van der Waals surface area contributed by atoms with Crippen LogP contribution in [0.4, 0.5) is 0 Å². The molecule has 19 heavy (non-hydrogen) atoms. The van der Waals surface area contributed by atoms with Crippen molar-refractivity contribution in [1.82, 2.24) is 9.88 Å². The number of ketones is 1. The summed E-state index contributed by atoms with van der Waals surface area (Å²) in [6.07, 6.45) is 2.35. The van der Waals surface area contributed by atoms with Crippen molar-refractivity contribution in [3.05, 3.63) is 29.3 Å². The Morgan fingerprint density at radius 1 is 1.47 bits per heavy atom. The zero-order valence-electron chi connectivity index (χ0n) is 11.1. The predicted octanol–water partition coefficient (Wildman–Crippen LogP) is 3.06. The van der Waals surface area contributed by atoms with Gasteiger partial charge in [0.15, 0.2) is 0 Å². The van der Waals surface area contributed by atoms with Gasteiger partial charge in [-0.3, -0.25) is 9.69 Å². The standard InChI is InChI=1S/C15H18N2OS/c1-11(18)9-17-8-4-5-12(10-17)15-16-13-6-2-3-7-14(13)19-15/h2-3,6-7,12H,4-5,8-10H2,1H3. The Kier molecular flexibility index (Phi) is 3.62. The highest BCUT2D eigenvalue weighted by Gasteiger charge is 2.24. The first-order valence-corrected chi connectivity index (χ1v) is 7.61. The van der Waals surface area contributed by atoms with Gasteiger partial charge in [-0.15, -0.1) is 11.3 Å². The number of Topliss-reactive ketones (excluding diaryl/α,β-unsaturated/α-hetero) is 1. The monoisotopic (exact) mass is 274 g/mol. The number of para-hydroxylation sites is 1. The number of rotatable bonds is 3.